The number of carbonyl (C=O) groups excluding carboxylic acids is 1. The van der Waals surface area contributed by atoms with Crippen molar-refractivity contribution in [3.8, 4) is 22.9 Å². The summed E-state index contributed by atoms with van der Waals surface area (Å²) < 4.78 is 17.5. The van der Waals surface area contributed by atoms with E-state index in [9.17, 15) is 4.79 Å². The number of fused-ring (bicyclic) bond motifs is 1. The van der Waals surface area contributed by atoms with Crippen LogP contribution in [0.5, 0.6) is 17.2 Å². The van der Waals surface area contributed by atoms with Gasteiger partial charge in [0.05, 0.1) is 50.0 Å². The first-order chi connectivity index (χ1) is 15.6. The molecule has 1 amide bonds. The van der Waals surface area contributed by atoms with Crippen LogP contribution >= 0.6 is 11.8 Å². The molecule has 2 heterocycles. The van der Waals surface area contributed by atoms with Crippen molar-refractivity contribution >= 4 is 34.4 Å². The van der Waals surface area contributed by atoms with E-state index in [0.29, 0.717) is 27.9 Å². The SMILES string of the molecule is COc1ccc(-n2ncc3c(SCC(=O)Nc4cc(OC)ccc4OC)ncnc32)cc1. The number of amides is 1. The summed E-state index contributed by atoms with van der Waals surface area (Å²) in [5.74, 6) is 1.89. The Bertz CT molecular complexity index is 1240. The average molecular weight is 452 g/mol. The Balaban J connectivity index is 1.50. The zero-order valence-corrected chi connectivity index (χ0v) is 18.5. The van der Waals surface area contributed by atoms with Crippen LogP contribution < -0.4 is 19.5 Å². The summed E-state index contributed by atoms with van der Waals surface area (Å²) >= 11 is 1.31. The highest BCUT2D eigenvalue weighted by Crippen LogP contribution is 2.30. The first kappa shape index (κ1) is 21.4. The highest BCUT2D eigenvalue weighted by Gasteiger charge is 2.14. The van der Waals surface area contributed by atoms with Crippen LogP contribution in [0.15, 0.2) is 60.0 Å². The fraction of sp³-hybridized carbons (Fsp3) is 0.182. The molecule has 32 heavy (non-hydrogen) atoms. The Morgan fingerprint density at radius 2 is 1.75 bits per heavy atom. The number of carbonyl (C=O) groups is 1. The Labute approximate surface area is 188 Å². The fourth-order valence-corrected chi connectivity index (χ4v) is 3.84. The van der Waals surface area contributed by atoms with E-state index < -0.39 is 0 Å². The van der Waals surface area contributed by atoms with E-state index in [1.807, 2.05) is 24.3 Å². The number of ether oxygens (including phenoxy) is 3. The smallest absolute Gasteiger partial charge is 0.234 e. The van der Waals surface area contributed by atoms with E-state index in [1.165, 1.54) is 18.1 Å². The summed E-state index contributed by atoms with van der Waals surface area (Å²) in [6.07, 6.45) is 3.17. The topological polar surface area (TPSA) is 100 Å². The number of rotatable bonds is 8. The van der Waals surface area contributed by atoms with Crippen molar-refractivity contribution in [2.45, 2.75) is 5.03 Å². The molecule has 0 spiro atoms. The second kappa shape index (κ2) is 9.56. The highest BCUT2D eigenvalue weighted by molar-refractivity contribution is 8.00. The third-order valence-corrected chi connectivity index (χ3v) is 5.67. The fourth-order valence-electron chi connectivity index (χ4n) is 3.08. The van der Waals surface area contributed by atoms with Gasteiger partial charge < -0.3 is 19.5 Å². The third-order valence-electron chi connectivity index (χ3n) is 4.67. The number of anilines is 1. The van der Waals surface area contributed by atoms with Crippen molar-refractivity contribution in [2.24, 2.45) is 0 Å². The van der Waals surface area contributed by atoms with Gasteiger partial charge in [0.1, 0.15) is 28.6 Å². The predicted octanol–water partition coefficient (Wildman–Crippen LogP) is 3.57. The normalized spacial score (nSPS) is 10.7. The molecule has 10 heteroatoms. The number of hydrogen-bond donors (Lipinski definition) is 1. The van der Waals surface area contributed by atoms with Gasteiger partial charge in [-0.15, -0.1) is 0 Å². The van der Waals surface area contributed by atoms with E-state index in [0.717, 1.165) is 16.8 Å². The molecule has 0 saturated heterocycles. The van der Waals surface area contributed by atoms with Crippen molar-refractivity contribution in [1.82, 2.24) is 19.7 Å². The summed E-state index contributed by atoms with van der Waals surface area (Å²) in [6, 6.07) is 12.7. The molecular weight excluding hydrogens is 430 g/mol. The van der Waals surface area contributed by atoms with Gasteiger partial charge in [0.15, 0.2) is 5.65 Å². The van der Waals surface area contributed by atoms with E-state index >= 15 is 0 Å². The summed E-state index contributed by atoms with van der Waals surface area (Å²) in [6.45, 7) is 0. The zero-order valence-electron chi connectivity index (χ0n) is 17.7. The van der Waals surface area contributed by atoms with E-state index in [4.69, 9.17) is 14.2 Å². The lowest BCUT2D eigenvalue weighted by Crippen LogP contribution is -2.15. The van der Waals surface area contributed by atoms with Crippen molar-refractivity contribution in [3.63, 3.8) is 0 Å². The Morgan fingerprint density at radius 3 is 2.47 bits per heavy atom. The molecule has 0 aliphatic heterocycles. The summed E-state index contributed by atoms with van der Waals surface area (Å²) in [5, 5.41) is 8.74. The molecule has 0 unspecified atom stereocenters. The third kappa shape index (κ3) is 4.45. The number of hydrogen-bond acceptors (Lipinski definition) is 8. The van der Waals surface area contributed by atoms with Gasteiger partial charge in [0, 0.05) is 6.07 Å². The molecule has 0 aliphatic rings. The molecule has 0 radical (unpaired) electrons. The number of benzene rings is 2. The molecule has 0 aliphatic carbocycles. The molecule has 0 fully saturated rings. The van der Waals surface area contributed by atoms with Gasteiger partial charge in [0.2, 0.25) is 5.91 Å². The van der Waals surface area contributed by atoms with Gasteiger partial charge in [-0.25, -0.2) is 14.6 Å². The van der Waals surface area contributed by atoms with Gasteiger partial charge in [-0.1, -0.05) is 11.8 Å². The van der Waals surface area contributed by atoms with Crippen molar-refractivity contribution in [3.05, 3.63) is 55.0 Å². The molecule has 0 atom stereocenters. The lowest BCUT2D eigenvalue weighted by molar-refractivity contribution is -0.113. The largest absolute Gasteiger partial charge is 0.497 e. The molecule has 0 bridgehead atoms. The Hall–Kier alpha value is -3.79. The van der Waals surface area contributed by atoms with Crippen LogP contribution in [0.3, 0.4) is 0 Å². The summed E-state index contributed by atoms with van der Waals surface area (Å²) in [7, 11) is 4.73. The maximum absolute atomic E-state index is 12.6. The lowest BCUT2D eigenvalue weighted by Gasteiger charge is -2.11. The number of nitrogens with zero attached hydrogens (tertiary/aromatic N) is 4. The van der Waals surface area contributed by atoms with Crippen LogP contribution in [0, 0.1) is 0 Å². The van der Waals surface area contributed by atoms with E-state index in [-0.39, 0.29) is 11.7 Å². The Kier molecular flexibility index (Phi) is 6.41. The number of thioether (sulfide) groups is 1. The first-order valence-electron chi connectivity index (χ1n) is 9.60. The second-order valence-electron chi connectivity index (χ2n) is 6.57. The first-order valence-corrected chi connectivity index (χ1v) is 10.6. The minimum absolute atomic E-state index is 0.153. The predicted molar refractivity (Wildman–Crippen MR) is 122 cm³/mol. The number of methoxy groups -OCH3 is 3. The maximum Gasteiger partial charge on any atom is 0.234 e. The molecule has 4 rings (SSSR count). The minimum Gasteiger partial charge on any atom is -0.497 e. The van der Waals surface area contributed by atoms with Crippen LogP contribution in [0.4, 0.5) is 5.69 Å². The van der Waals surface area contributed by atoms with Crippen LogP contribution in [0.25, 0.3) is 16.7 Å². The molecule has 2 aromatic heterocycles. The Morgan fingerprint density at radius 1 is 1.00 bits per heavy atom. The number of aromatic nitrogens is 4. The van der Waals surface area contributed by atoms with Crippen LogP contribution in [-0.2, 0) is 4.79 Å². The molecule has 1 N–H and O–H groups in total. The number of nitrogens with one attached hydrogen (secondary N) is 1. The van der Waals surface area contributed by atoms with Crippen LogP contribution in [-0.4, -0.2) is 52.7 Å². The van der Waals surface area contributed by atoms with Crippen LogP contribution in [0.1, 0.15) is 0 Å². The van der Waals surface area contributed by atoms with E-state index in [1.54, 1.807) is 50.4 Å². The molecule has 9 nitrogen and oxygen atoms in total. The van der Waals surface area contributed by atoms with Gasteiger partial charge in [0.25, 0.3) is 0 Å². The monoisotopic (exact) mass is 451 g/mol. The maximum atomic E-state index is 12.6. The molecule has 2 aromatic carbocycles. The van der Waals surface area contributed by atoms with Crippen LogP contribution in [0.2, 0.25) is 0 Å². The zero-order chi connectivity index (χ0) is 22.5. The van der Waals surface area contributed by atoms with Gasteiger partial charge in [-0.05, 0) is 36.4 Å². The minimum atomic E-state index is -0.198. The van der Waals surface area contributed by atoms with Crippen molar-refractivity contribution < 1.29 is 19.0 Å². The molecule has 4 aromatic rings. The summed E-state index contributed by atoms with van der Waals surface area (Å²) in [4.78, 5) is 21.3. The van der Waals surface area contributed by atoms with Gasteiger partial charge in [-0.2, -0.15) is 5.10 Å². The lowest BCUT2D eigenvalue weighted by atomic mass is 10.2. The molecule has 164 valence electrons. The van der Waals surface area contributed by atoms with Gasteiger partial charge in [-0.3, -0.25) is 4.79 Å². The van der Waals surface area contributed by atoms with Crippen molar-refractivity contribution in [1.29, 1.82) is 0 Å². The molecule has 0 saturated carbocycles. The second-order valence-corrected chi connectivity index (χ2v) is 7.54. The van der Waals surface area contributed by atoms with Gasteiger partial charge >= 0.3 is 0 Å². The standard InChI is InChI=1S/C22H21N5O4S/c1-29-15-6-4-14(5-7-15)27-21-17(11-25-27)22(24-13-23-21)32-12-20(28)26-18-10-16(30-2)8-9-19(18)31-3/h4-11,13H,12H2,1-3H3,(H,26,28). The highest BCUT2D eigenvalue weighted by atomic mass is 32.2. The summed E-state index contributed by atoms with van der Waals surface area (Å²) in [5.41, 5.74) is 2.04. The van der Waals surface area contributed by atoms with Crippen molar-refractivity contribution in [2.75, 3.05) is 32.4 Å². The quantitative estimate of drug-likeness (QED) is 0.321. The molecular formula is C22H21N5O4S. The average Bonchev–Trinajstić information content (AvgIpc) is 3.27. The van der Waals surface area contributed by atoms with E-state index in [2.05, 4.69) is 20.4 Å².